The molecule has 0 bridgehead atoms. The molecule has 0 amide bonds. The van der Waals surface area contributed by atoms with E-state index in [0.717, 1.165) is 49.3 Å². The smallest absolute Gasteiger partial charge is 0.255 e. The van der Waals surface area contributed by atoms with E-state index in [1.807, 2.05) is 30.3 Å². The summed E-state index contributed by atoms with van der Waals surface area (Å²) in [5, 5.41) is 0. The highest BCUT2D eigenvalue weighted by atomic mass is 16.1. The third-order valence-electron chi connectivity index (χ3n) is 4.27. The number of H-pyrrole nitrogens is 1. The molecule has 0 saturated carbocycles. The molecule has 0 spiro atoms. The van der Waals surface area contributed by atoms with Gasteiger partial charge in [0.05, 0.1) is 11.3 Å². The summed E-state index contributed by atoms with van der Waals surface area (Å²) in [7, 11) is 4.18. The van der Waals surface area contributed by atoms with E-state index < -0.39 is 0 Å². The van der Waals surface area contributed by atoms with E-state index in [9.17, 15) is 4.79 Å². The monoisotopic (exact) mass is 312 g/mol. The van der Waals surface area contributed by atoms with Gasteiger partial charge in [0.2, 0.25) is 0 Å². The Morgan fingerprint density at radius 1 is 1.26 bits per heavy atom. The van der Waals surface area contributed by atoms with Gasteiger partial charge in [0.15, 0.2) is 0 Å². The number of fused-ring (bicyclic) bond motifs is 1. The first-order valence-corrected chi connectivity index (χ1v) is 8.18. The molecule has 2 aromatic rings. The molecular formula is C18H24N4O. The molecule has 0 atom stereocenters. The maximum atomic E-state index is 12.5. The predicted molar refractivity (Wildman–Crippen MR) is 92.4 cm³/mol. The van der Waals surface area contributed by atoms with Gasteiger partial charge in [0, 0.05) is 25.1 Å². The fourth-order valence-electron chi connectivity index (χ4n) is 3.02. The summed E-state index contributed by atoms with van der Waals surface area (Å²) in [5.74, 6) is 0.676. The van der Waals surface area contributed by atoms with Crippen LogP contribution in [0.4, 0.5) is 0 Å². The minimum atomic E-state index is 0.00571. The van der Waals surface area contributed by atoms with Crippen LogP contribution < -0.4 is 5.56 Å². The molecule has 0 fully saturated rings. The quantitative estimate of drug-likeness (QED) is 0.914. The highest BCUT2D eigenvalue weighted by Crippen LogP contribution is 2.18. The molecule has 3 rings (SSSR count). The fourth-order valence-corrected chi connectivity index (χ4v) is 3.02. The zero-order valence-electron chi connectivity index (χ0n) is 13.9. The lowest BCUT2D eigenvalue weighted by atomic mass is 10.1. The number of hydrogen-bond donors (Lipinski definition) is 1. The molecule has 1 aromatic heterocycles. The summed E-state index contributed by atoms with van der Waals surface area (Å²) in [6.45, 7) is 3.79. The van der Waals surface area contributed by atoms with Crippen LogP contribution in [0.1, 0.15) is 17.7 Å². The van der Waals surface area contributed by atoms with E-state index in [1.54, 1.807) is 0 Å². The van der Waals surface area contributed by atoms with Gasteiger partial charge in [-0.1, -0.05) is 30.3 Å². The van der Waals surface area contributed by atoms with Crippen molar-refractivity contribution < 1.29 is 0 Å². The van der Waals surface area contributed by atoms with Gasteiger partial charge in [0.1, 0.15) is 5.82 Å². The summed E-state index contributed by atoms with van der Waals surface area (Å²) in [5.41, 5.74) is 2.75. The topological polar surface area (TPSA) is 52.2 Å². The zero-order valence-corrected chi connectivity index (χ0v) is 13.9. The summed E-state index contributed by atoms with van der Waals surface area (Å²) in [4.78, 5) is 24.6. The molecular weight excluding hydrogens is 288 g/mol. The number of nitrogens with one attached hydrogen (secondary N) is 1. The van der Waals surface area contributed by atoms with E-state index in [-0.39, 0.29) is 5.56 Å². The van der Waals surface area contributed by atoms with E-state index in [1.165, 1.54) is 0 Å². The first-order chi connectivity index (χ1) is 11.1. The molecule has 0 saturated heterocycles. The first kappa shape index (κ1) is 15.9. The molecule has 0 unspecified atom stereocenters. The second kappa shape index (κ2) is 7.06. The summed E-state index contributed by atoms with van der Waals surface area (Å²) in [6, 6.07) is 9.83. The second-order valence-electron chi connectivity index (χ2n) is 6.39. The Hall–Kier alpha value is -1.98. The van der Waals surface area contributed by atoms with Crippen LogP contribution in [-0.4, -0.2) is 53.5 Å². The van der Waals surface area contributed by atoms with Gasteiger partial charge < -0.3 is 9.88 Å². The Balaban J connectivity index is 1.76. The zero-order chi connectivity index (χ0) is 16.2. The van der Waals surface area contributed by atoms with Crippen LogP contribution in [0.25, 0.3) is 11.4 Å². The Morgan fingerprint density at radius 2 is 2.04 bits per heavy atom. The minimum Gasteiger partial charge on any atom is -0.309 e. The first-order valence-electron chi connectivity index (χ1n) is 8.18. The van der Waals surface area contributed by atoms with Gasteiger partial charge >= 0.3 is 0 Å². The number of benzene rings is 1. The maximum absolute atomic E-state index is 12.5. The number of aromatic nitrogens is 2. The molecule has 23 heavy (non-hydrogen) atoms. The molecule has 2 heterocycles. The van der Waals surface area contributed by atoms with Crippen molar-refractivity contribution in [3.8, 4) is 11.4 Å². The summed E-state index contributed by atoms with van der Waals surface area (Å²) in [6.07, 6.45) is 1.97. The van der Waals surface area contributed by atoms with Crippen LogP contribution in [0.2, 0.25) is 0 Å². The van der Waals surface area contributed by atoms with Gasteiger partial charge in [-0.2, -0.15) is 0 Å². The van der Waals surface area contributed by atoms with Gasteiger partial charge in [-0.05, 0) is 33.6 Å². The van der Waals surface area contributed by atoms with Crippen molar-refractivity contribution in [2.24, 2.45) is 0 Å². The third-order valence-corrected chi connectivity index (χ3v) is 4.27. The lowest BCUT2D eigenvalue weighted by Crippen LogP contribution is -2.37. The number of rotatable bonds is 5. The second-order valence-corrected chi connectivity index (χ2v) is 6.39. The lowest BCUT2D eigenvalue weighted by Gasteiger charge is -2.28. The van der Waals surface area contributed by atoms with E-state index in [2.05, 4.69) is 28.9 Å². The van der Waals surface area contributed by atoms with Crippen LogP contribution in [0.5, 0.6) is 0 Å². The van der Waals surface area contributed by atoms with E-state index in [4.69, 9.17) is 4.98 Å². The van der Waals surface area contributed by atoms with Gasteiger partial charge in [-0.3, -0.25) is 9.69 Å². The van der Waals surface area contributed by atoms with Crippen LogP contribution in [0, 0.1) is 0 Å². The van der Waals surface area contributed by atoms with Crippen LogP contribution in [0.3, 0.4) is 0 Å². The molecule has 1 N–H and O–H groups in total. The van der Waals surface area contributed by atoms with Crippen molar-refractivity contribution in [2.75, 3.05) is 33.7 Å². The van der Waals surface area contributed by atoms with Crippen molar-refractivity contribution in [1.82, 2.24) is 19.8 Å². The van der Waals surface area contributed by atoms with Crippen molar-refractivity contribution in [3.63, 3.8) is 0 Å². The number of aromatic amines is 1. The predicted octanol–water partition coefficient (Wildman–Crippen LogP) is 1.75. The highest BCUT2D eigenvalue weighted by molar-refractivity contribution is 5.54. The van der Waals surface area contributed by atoms with E-state index in [0.29, 0.717) is 12.4 Å². The number of hydrogen-bond acceptors (Lipinski definition) is 4. The van der Waals surface area contributed by atoms with E-state index >= 15 is 0 Å². The average Bonchev–Trinajstić information content (AvgIpc) is 2.55. The number of nitrogens with zero attached hydrogens (tertiary/aromatic N) is 3. The van der Waals surface area contributed by atoms with Crippen molar-refractivity contribution >= 4 is 0 Å². The lowest BCUT2D eigenvalue weighted by molar-refractivity contribution is 0.235. The van der Waals surface area contributed by atoms with Crippen LogP contribution >= 0.6 is 0 Å². The molecule has 1 aliphatic rings. The Labute approximate surface area is 137 Å². The van der Waals surface area contributed by atoms with Crippen molar-refractivity contribution in [1.29, 1.82) is 0 Å². The standard InChI is InChI=1S/C18H24N4O/c1-21(2)10-6-11-22-12-9-16-15(13-22)18(23)20-17(19-16)14-7-4-3-5-8-14/h3-5,7-8H,6,9-13H2,1-2H3,(H,19,20,23). The van der Waals surface area contributed by atoms with Crippen LogP contribution in [-0.2, 0) is 13.0 Å². The van der Waals surface area contributed by atoms with Gasteiger partial charge in [-0.25, -0.2) is 4.98 Å². The molecule has 5 nitrogen and oxygen atoms in total. The Morgan fingerprint density at radius 3 is 2.78 bits per heavy atom. The molecule has 0 aliphatic carbocycles. The highest BCUT2D eigenvalue weighted by Gasteiger charge is 2.21. The summed E-state index contributed by atoms with van der Waals surface area (Å²) < 4.78 is 0. The normalized spacial score (nSPS) is 14.9. The van der Waals surface area contributed by atoms with Crippen molar-refractivity contribution in [2.45, 2.75) is 19.4 Å². The third kappa shape index (κ3) is 3.86. The minimum absolute atomic E-state index is 0.00571. The maximum Gasteiger partial charge on any atom is 0.255 e. The molecule has 1 aromatic carbocycles. The van der Waals surface area contributed by atoms with Crippen LogP contribution in [0.15, 0.2) is 35.1 Å². The summed E-state index contributed by atoms with van der Waals surface area (Å²) >= 11 is 0. The Bertz CT molecular complexity index is 709. The SMILES string of the molecule is CN(C)CCCN1CCc2nc(-c3ccccc3)[nH]c(=O)c2C1. The average molecular weight is 312 g/mol. The molecule has 1 aliphatic heterocycles. The van der Waals surface area contributed by atoms with Gasteiger partial charge in [0.25, 0.3) is 5.56 Å². The molecule has 122 valence electrons. The molecule has 5 heteroatoms. The largest absolute Gasteiger partial charge is 0.309 e. The van der Waals surface area contributed by atoms with Gasteiger partial charge in [-0.15, -0.1) is 0 Å². The fraction of sp³-hybridized carbons (Fsp3) is 0.444. The molecule has 0 radical (unpaired) electrons. The Kier molecular flexibility index (Phi) is 4.88. The van der Waals surface area contributed by atoms with Crippen molar-refractivity contribution in [3.05, 3.63) is 51.9 Å².